The number of nitrogens with zero attached hydrogens (tertiary/aromatic N) is 2. The summed E-state index contributed by atoms with van der Waals surface area (Å²) in [5, 5.41) is 16.7. The molecule has 2 aromatic carbocycles. The Morgan fingerprint density at radius 3 is 2.65 bits per heavy atom. The summed E-state index contributed by atoms with van der Waals surface area (Å²) in [7, 11) is 0. The maximum atomic E-state index is 13.4. The summed E-state index contributed by atoms with van der Waals surface area (Å²) in [6.45, 7) is 0.0333. The summed E-state index contributed by atoms with van der Waals surface area (Å²) in [6.07, 6.45) is 3.89. The predicted octanol–water partition coefficient (Wildman–Crippen LogP) is 1.71. The van der Waals surface area contributed by atoms with E-state index in [0.717, 1.165) is 16.3 Å². The number of nitrogens with two attached hydrogens (primary N) is 1. The topological polar surface area (TPSA) is 138 Å². The SMILES string of the molecule is NC(NC(=O)C1CCCN1C(=O)C(NCC(=O)O)c1ccccc1)c1ccc2cnccc2c1. The van der Waals surface area contributed by atoms with Crippen molar-refractivity contribution in [1.82, 2.24) is 20.5 Å². The molecule has 34 heavy (non-hydrogen) atoms. The molecule has 5 N–H and O–H groups in total. The summed E-state index contributed by atoms with van der Waals surface area (Å²) in [4.78, 5) is 43.3. The van der Waals surface area contributed by atoms with E-state index in [9.17, 15) is 14.4 Å². The van der Waals surface area contributed by atoms with E-state index in [1.165, 1.54) is 4.90 Å². The van der Waals surface area contributed by atoms with E-state index in [-0.39, 0.29) is 18.4 Å². The largest absolute Gasteiger partial charge is 0.480 e. The van der Waals surface area contributed by atoms with E-state index in [4.69, 9.17) is 10.8 Å². The van der Waals surface area contributed by atoms with Crippen LogP contribution in [-0.2, 0) is 14.4 Å². The summed E-state index contributed by atoms with van der Waals surface area (Å²) < 4.78 is 0. The molecule has 1 aliphatic heterocycles. The number of fused-ring (bicyclic) bond motifs is 1. The number of rotatable bonds is 8. The second-order valence-electron chi connectivity index (χ2n) is 8.28. The van der Waals surface area contributed by atoms with Gasteiger partial charge in [-0.3, -0.25) is 24.7 Å². The van der Waals surface area contributed by atoms with Crippen LogP contribution >= 0.6 is 0 Å². The zero-order valence-corrected chi connectivity index (χ0v) is 18.6. The Bertz CT molecular complexity index is 1190. The number of carboxylic acid groups (broad SMARTS) is 1. The van der Waals surface area contributed by atoms with Crippen molar-refractivity contribution in [3.8, 4) is 0 Å². The Hall–Kier alpha value is -3.82. The number of hydrogen-bond acceptors (Lipinski definition) is 6. The van der Waals surface area contributed by atoms with Crippen LogP contribution in [0, 0.1) is 0 Å². The lowest BCUT2D eigenvalue weighted by molar-refractivity contribution is -0.141. The van der Waals surface area contributed by atoms with Gasteiger partial charge in [0.25, 0.3) is 0 Å². The fourth-order valence-corrected chi connectivity index (χ4v) is 4.28. The summed E-state index contributed by atoms with van der Waals surface area (Å²) in [5.41, 5.74) is 7.66. The van der Waals surface area contributed by atoms with Gasteiger partial charge in [0.2, 0.25) is 11.8 Å². The van der Waals surface area contributed by atoms with Crippen LogP contribution in [0.5, 0.6) is 0 Å². The van der Waals surface area contributed by atoms with Gasteiger partial charge in [0.05, 0.1) is 6.54 Å². The molecular formula is C25H27N5O4. The van der Waals surface area contributed by atoms with E-state index in [0.29, 0.717) is 24.9 Å². The number of carboxylic acids is 1. The van der Waals surface area contributed by atoms with Gasteiger partial charge in [-0.05, 0) is 41.5 Å². The first-order chi connectivity index (χ1) is 16.4. The van der Waals surface area contributed by atoms with Gasteiger partial charge >= 0.3 is 5.97 Å². The number of hydrogen-bond donors (Lipinski definition) is 4. The third kappa shape index (κ3) is 5.22. The minimum Gasteiger partial charge on any atom is -0.480 e. The lowest BCUT2D eigenvalue weighted by Gasteiger charge is -2.29. The van der Waals surface area contributed by atoms with Crippen molar-refractivity contribution in [1.29, 1.82) is 0 Å². The van der Waals surface area contributed by atoms with Crippen LogP contribution in [0.4, 0.5) is 0 Å². The average Bonchev–Trinajstić information content (AvgIpc) is 3.34. The quantitative estimate of drug-likeness (QED) is 0.375. The van der Waals surface area contributed by atoms with Crippen molar-refractivity contribution in [2.45, 2.75) is 31.1 Å². The summed E-state index contributed by atoms with van der Waals surface area (Å²) in [5.74, 6) is -1.74. The Morgan fingerprint density at radius 1 is 1.09 bits per heavy atom. The van der Waals surface area contributed by atoms with Gasteiger partial charge < -0.3 is 21.1 Å². The number of pyridine rings is 1. The minimum atomic E-state index is -1.07. The molecule has 9 heteroatoms. The fraction of sp³-hybridized carbons (Fsp3) is 0.280. The van der Waals surface area contributed by atoms with Crippen LogP contribution in [0.2, 0.25) is 0 Å². The van der Waals surface area contributed by atoms with Crippen LogP contribution in [0.25, 0.3) is 10.8 Å². The molecule has 3 atom stereocenters. The molecule has 0 radical (unpaired) electrons. The number of likely N-dealkylation sites (tertiary alicyclic amines) is 1. The average molecular weight is 462 g/mol. The molecule has 3 unspecified atom stereocenters. The molecule has 2 heterocycles. The molecule has 0 bridgehead atoms. The summed E-state index contributed by atoms with van der Waals surface area (Å²) in [6, 6.07) is 14.9. The lowest BCUT2D eigenvalue weighted by atomic mass is 10.0. The molecule has 2 amide bonds. The van der Waals surface area contributed by atoms with Gasteiger partial charge in [0, 0.05) is 24.3 Å². The van der Waals surface area contributed by atoms with Gasteiger partial charge in [-0.25, -0.2) is 0 Å². The van der Waals surface area contributed by atoms with Crippen molar-refractivity contribution < 1.29 is 19.5 Å². The maximum Gasteiger partial charge on any atom is 0.317 e. The molecule has 1 aliphatic rings. The molecule has 4 rings (SSSR count). The molecule has 3 aromatic rings. The van der Waals surface area contributed by atoms with Crippen LogP contribution in [0.15, 0.2) is 67.0 Å². The van der Waals surface area contributed by atoms with Crippen molar-refractivity contribution in [3.63, 3.8) is 0 Å². The second kappa shape index (κ2) is 10.4. The molecular weight excluding hydrogens is 434 g/mol. The smallest absolute Gasteiger partial charge is 0.317 e. The number of carbonyl (C=O) groups is 3. The van der Waals surface area contributed by atoms with Crippen LogP contribution in [0.1, 0.15) is 36.2 Å². The molecule has 0 aliphatic carbocycles. The number of aromatic nitrogens is 1. The van der Waals surface area contributed by atoms with Gasteiger partial charge in [-0.15, -0.1) is 0 Å². The minimum absolute atomic E-state index is 0.335. The first-order valence-corrected chi connectivity index (χ1v) is 11.1. The van der Waals surface area contributed by atoms with E-state index in [1.54, 1.807) is 36.7 Å². The Morgan fingerprint density at radius 2 is 1.88 bits per heavy atom. The van der Waals surface area contributed by atoms with Crippen LogP contribution < -0.4 is 16.4 Å². The second-order valence-corrected chi connectivity index (χ2v) is 8.28. The number of carbonyl (C=O) groups excluding carboxylic acids is 2. The Labute approximate surface area is 197 Å². The maximum absolute atomic E-state index is 13.4. The van der Waals surface area contributed by atoms with Crippen molar-refractivity contribution >= 4 is 28.6 Å². The van der Waals surface area contributed by atoms with Crippen LogP contribution in [-0.4, -0.2) is 51.9 Å². The fourth-order valence-electron chi connectivity index (χ4n) is 4.28. The van der Waals surface area contributed by atoms with Gasteiger partial charge in [0.15, 0.2) is 0 Å². The zero-order valence-electron chi connectivity index (χ0n) is 18.6. The number of benzene rings is 2. The van der Waals surface area contributed by atoms with E-state index in [2.05, 4.69) is 15.6 Å². The highest BCUT2D eigenvalue weighted by molar-refractivity contribution is 5.91. The molecule has 1 aromatic heterocycles. The highest BCUT2D eigenvalue weighted by Crippen LogP contribution is 2.25. The number of amides is 2. The number of aliphatic carboxylic acids is 1. The normalized spacial score (nSPS) is 17.3. The van der Waals surface area contributed by atoms with Crippen molar-refractivity contribution in [3.05, 3.63) is 78.1 Å². The molecule has 1 saturated heterocycles. The lowest BCUT2D eigenvalue weighted by Crippen LogP contribution is -2.51. The monoisotopic (exact) mass is 461 g/mol. The third-order valence-electron chi connectivity index (χ3n) is 6.00. The first kappa shape index (κ1) is 23.3. The van der Waals surface area contributed by atoms with Crippen LogP contribution in [0.3, 0.4) is 0 Å². The standard InChI is InChI=1S/C25H27N5O4/c26-23(18-8-9-19-14-27-11-10-17(19)13-18)29-24(33)20-7-4-12-30(20)25(34)22(28-15-21(31)32)16-5-2-1-3-6-16/h1-3,5-6,8-11,13-14,20,22-23,28H,4,7,12,15,26H2,(H,29,33)(H,31,32). The van der Waals surface area contributed by atoms with Crippen molar-refractivity contribution in [2.24, 2.45) is 5.73 Å². The molecule has 9 nitrogen and oxygen atoms in total. The zero-order chi connectivity index (χ0) is 24.1. The van der Waals surface area contributed by atoms with Gasteiger partial charge in [-0.1, -0.05) is 42.5 Å². The van der Waals surface area contributed by atoms with E-state index < -0.39 is 24.2 Å². The molecule has 0 spiro atoms. The van der Waals surface area contributed by atoms with E-state index >= 15 is 0 Å². The van der Waals surface area contributed by atoms with E-state index in [1.807, 2.05) is 30.3 Å². The molecule has 176 valence electrons. The van der Waals surface area contributed by atoms with Crippen molar-refractivity contribution in [2.75, 3.05) is 13.1 Å². The predicted molar refractivity (Wildman–Crippen MR) is 126 cm³/mol. The Balaban J connectivity index is 1.48. The van der Waals surface area contributed by atoms with Gasteiger partial charge in [0.1, 0.15) is 18.2 Å². The number of nitrogens with one attached hydrogen (secondary N) is 2. The molecule has 1 fully saturated rings. The highest BCUT2D eigenvalue weighted by Gasteiger charge is 2.38. The Kier molecular flexibility index (Phi) is 7.15. The molecule has 0 saturated carbocycles. The summed E-state index contributed by atoms with van der Waals surface area (Å²) >= 11 is 0. The third-order valence-corrected chi connectivity index (χ3v) is 6.00. The highest BCUT2D eigenvalue weighted by atomic mass is 16.4. The first-order valence-electron chi connectivity index (χ1n) is 11.1. The van der Waals surface area contributed by atoms with Gasteiger partial charge in [-0.2, -0.15) is 0 Å².